The SMILES string of the molecule is CCc1nn(CCOC)cc1N. The summed E-state index contributed by atoms with van der Waals surface area (Å²) in [6.07, 6.45) is 2.73. The van der Waals surface area contributed by atoms with E-state index in [2.05, 4.69) is 5.10 Å². The summed E-state index contributed by atoms with van der Waals surface area (Å²) in [7, 11) is 1.67. The van der Waals surface area contributed by atoms with Crippen LogP contribution in [0.25, 0.3) is 0 Å². The quantitative estimate of drug-likeness (QED) is 0.721. The Hall–Kier alpha value is -1.03. The number of methoxy groups -OCH3 is 1. The maximum absolute atomic E-state index is 5.70. The number of hydrogen-bond acceptors (Lipinski definition) is 3. The molecule has 1 aromatic heterocycles. The molecule has 12 heavy (non-hydrogen) atoms. The summed E-state index contributed by atoms with van der Waals surface area (Å²) in [5.74, 6) is 0. The van der Waals surface area contributed by atoms with E-state index in [1.54, 1.807) is 7.11 Å². The van der Waals surface area contributed by atoms with Crippen molar-refractivity contribution in [3.8, 4) is 0 Å². The molecule has 0 atom stereocenters. The highest BCUT2D eigenvalue weighted by Gasteiger charge is 2.02. The van der Waals surface area contributed by atoms with E-state index >= 15 is 0 Å². The number of nitrogens with zero attached hydrogens (tertiary/aromatic N) is 2. The fourth-order valence-corrected chi connectivity index (χ4v) is 1.05. The van der Waals surface area contributed by atoms with E-state index in [9.17, 15) is 0 Å². The van der Waals surface area contributed by atoms with Gasteiger partial charge in [0.15, 0.2) is 0 Å². The first-order valence-corrected chi connectivity index (χ1v) is 4.08. The van der Waals surface area contributed by atoms with Gasteiger partial charge < -0.3 is 10.5 Å². The lowest BCUT2D eigenvalue weighted by atomic mass is 10.3. The van der Waals surface area contributed by atoms with Gasteiger partial charge >= 0.3 is 0 Å². The van der Waals surface area contributed by atoms with Crippen LogP contribution in [-0.2, 0) is 17.7 Å². The number of nitrogen functional groups attached to an aromatic ring is 1. The summed E-state index contributed by atoms with van der Waals surface area (Å²) >= 11 is 0. The minimum Gasteiger partial charge on any atom is -0.396 e. The van der Waals surface area contributed by atoms with Crippen LogP contribution in [0, 0.1) is 0 Å². The van der Waals surface area contributed by atoms with Crippen LogP contribution in [-0.4, -0.2) is 23.5 Å². The molecule has 0 spiro atoms. The molecule has 0 bridgehead atoms. The van der Waals surface area contributed by atoms with Crippen molar-refractivity contribution in [3.63, 3.8) is 0 Å². The molecular formula is C8H15N3O. The van der Waals surface area contributed by atoms with Gasteiger partial charge in [-0.1, -0.05) is 6.92 Å². The van der Waals surface area contributed by atoms with Crippen molar-refractivity contribution < 1.29 is 4.74 Å². The van der Waals surface area contributed by atoms with Crippen molar-refractivity contribution in [1.82, 2.24) is 9.78 Å². The lowest BCUT2D eigenvalue weighted by Gasteiger charge is -1.97. The number of ether oxygens (including phenoxy) is 1. The van der Waals surface area contributed by atoms with Crippen LogP contribution in [0.3, 0.4) is 0 Å². The Bertz CT molecular complexity index is 244. The summed E-state index contributed by atoms with van der Waals surface area (Å²) in [5.41, 5.74) is 7.44. The Kier molecular flexibility index (Phi) is 3.10. The first-order valence-electron chi connectivity index (χ1n) is 4.08. The van der Waals surface area contributed by atoms with Crippen molar-refractivity contribution in [2.45, 2.75) is 19.9 Å². The first-order chi connectivity index (χ1) is 5.77. The largest absolute Gasteiger partial charge is 0.396 e. The van der Waals surface area contributed by atoms with Gasteiger partial charge in [-0.05, 0) is 6.42 Å². The Morgan fingerprint density at radius 3 is 2.92 bits per heavy atom. The van der Waals surface area contributed by atoms with Gasteiger partial charge in [-0.25, -0.2) is 0 Å². The number of hydrogen-bond donors (Lipinski definition) is 1. The third-order valence-electron chi connectivity index (χ3n) is 1.73. The first kappa shape index (κ1) is 9.06. The molecule has 0 unspecified atom stereocenters. The summed E-state index contributed by atoms with van der Waals surface area (Å²) in [6, 6.07) is 0. The smallest absolute Gasteiger partial charge is 0.0851 e. The Labute approximate surface area is 72.3 Å². The van der Waals surface area contributed by atoms with Crippen molar-refractivity contribution in [1.29, 1.82) is 0 Å². The number of rotatable bonds is 4. The molecule has 68 valence electrons. The highest BCUT2D eigenvalue weighted by atomic mass is 16.5. The van der Waals surface area contributed by atoms with Gasteiger partial charge in [0.05, 0.1) is 24.5 Å². The highest BCUT2D eigenvalue weighted by molar-refractivity contribution is 5.40. The van der Waals surface area contributed by atoms with Crippen LogP contribution >= 0.6 is 0 Å². The minimum atomic E-state index is 0.671. The molecule has 0 aliphatic carbocycles. The van der Waals surface area contributed by atoms with Gasteiger partial charge in [0, 0.05) is 13.3 Å². The molecule has 1 aromatic rings. The number of nitrogens with two attached hydrogens (primary N) is 1. The molecule has 0 saturated carbocycles. The van der Waals surface area contributed by atoms with Crippen molar-refractivity contribution in [2.75, 3.05) is 19.5 Å². The zero-order chi connectivity index (χ0) is 8.97. The second-order valence-electron chi connectivity index (χ2n) is 2.64. The Morgan fingerprint density at radius 2 is 2.42 bits per heavy atom. The molecule has 2 N–H and O–H groups in total. The summed E-state index contributed by atoms with van der Waals surface area (Å²) in [6.45, 7) is 3.48. The number of anilines is 1. The molecule has 0 aromatic carbocycles. The zero-order valence-corrected chi connectivity index (χ0v) is 7.58. The van der Waals surface area contributed by atoms with Crippen molar-refractivity contribution in [3.05, 3.63) is 11.9 Å². The third-order valence-corrected chi connectivity index (χ3v) is 1.73. The fraction of sp³-hybridized carbons (Fsp3) is 0.625. The van der Waals surface area contributed by atoms with Gasteiger partial charge in [-0.2, -0.15) is 5.10 Å². The normalized spacial score (nSPS) is 10.5. The van der Waals surface area contributed by atoms with Crippen molar-refractivity contribution in [2.24, 2.45) is 0 Å². The van der Waals surface area contributed by atoms with E-state index in [1.807, 2.05) is 17.8 Å². The maximum Gasteiger partial charge on any atom is 0.0851 e. The molecule has 1 rings (SSSR count). The number of aromatic nitrogens is 2. The second-order valence-corrected chi connectivity index (χ2v) is 2.64. The minimum absolute atomic E-state index is 0.671. The van der Waals surface area contributed by atoms with E-state index in [0.29, 0.717) is 6.61 Å². The summed E-state index contributed by atoms with van der Waals surface area (Å²) in [4.78, 5) is 0. The lowest BCUT2D eigenvalue weighted by molar-refractivity contribution is 0.183. The van der Waals surface area contributed by atoms with Crippen LogP contribution in [0.1, 0.15) is 12.6 Å². The van der Waals surface area contributed by atoms with E-state index < -0.39 is 0 Å². The molecule has 0 radical (unpaired) electrons. The van der Waals surface area contributed by atoms with Crippen LogP contribution in [0.2, 0.25) is 0 Å². The topological polar surface area (TPSA) is 53.1 Å². The summed E-state index contributed by atoms with van der Waals surface area (Å²) < 4.78 is 6.74. The van der Waals surface area contributed by atoms with E-state index in [4.69, 9.17) is 10.5 Å². The molecule has 4 heteroatoms. The van der Waals surface area contributed by atoms with E-state index in [0.717, 1.165) is 24.3 Å². The zero-order valence-electron chi connectivity index (χ0n) is 7.58. The lowest BCUT2D eigenvalue weighted by Crippen LogP contribution is -2.04. The van der Waals surface area contributed by atoms with Gasteiger partial charge in [0.1, 0.15) is 0 Å². The predicted octanol–water partition coefficient (Wildman–Crippen LogP) is 0.674. The predicted molar refractivity (Wildman–Crippen MR) is 47.9 cm³/mol. The number of aryl methyl sites for hydroxylation is 1. The van der Waals surface area contributed by atoms with Gasteiger partial charge in [0.2, 0.25) is 0 Å². The van der Waals surface area contributed by atoms with Gasteiger partial charge in [0.25, 0.3) is 0 Å². The molecule has 1 heterocycles. The highest BCUT2D eigenvalue weighted by Crippen LogP contribution is 2.08. The molecule has 0 aliphatic rings. The third kappa shape index (κ3) is 1.98. The second kappa shape index (κ2) is 4.11. The van der Waals surface area contributed by atoms with Crippen LogP contribution < -0.4 is 5.73 Å². The average Bonchev–Trinajstić information content (AvgIpc) is 2.43. The van der Waals surface area contributed by atoms with Gasteiger partial charge in [-0.3, -0.25) is 4.68 Å². The van der Waals surface area contributed by atoms with E-state index in [1.165, 1.54) is 0 Å². The monoisotopic (exact) mass is 169 g/mol. The maximum atomic E-state index is 5.70. The molecule has 0 amide bonds. The Morgan fingerprint density at radius 1 is 1.67 bits per heavy atom. The van der Waals surface area contributed by atoms with Crippen molar-refractivity contribution >= 4 is 5.69 Å². The fourth-order valence-electron chi connectivity index (χ4n) is 1.05. The average molecular weight is 169 g/mol. The van der Waals surface area contributed by atoms with E-state index in [-0.39, 0.29) is 0 Å². The molecular weight excluding hydrogens is 154 g/mol. The molecule has 4 nitrogen and oxygen atoms in total. The Balaban J connectivity index is 2.62. The molecule has 0 fully saturated rings. The standard InChI is InChI=1S/C8H15N3O/c1-3-8-7(9)6-11(10-8)4-5-12-2/h6H,3-5,9H2,1-2H3. The van der Waals surface area contributed by atoms with Crippen LogP contribution in [0.15, 0.2) is 6.20 Å². The summed E-state index contributed by atoms with van der Waals surface area (Å²) in [5, 5.41) is 4.28. The van der Waals surface area contributed by atoms with Gasteiger partial charge in [-0.15, -0.1) is 0 Å². The van der Waals surface area contributed by atoms with Crippen LogP contribution in [0.5, 0.6) is 0 Å². The van der Waals surface area contributed by atoms with Crippen LogP contribution in [0.4, 0.5) is 5.69 Å². The molecule has 0 saturated heterocycles. The molecule has 0 aliphatic heterocycles.